The first-order chi connectivity index (χ1) is 13.5. The fourth-order valence-electron chi connectivity index (χ4n) is 3.63. The van der Waals surface area contributed by atoms with Crippen molar-refractivity contribution in [3.05, 3.63) is 62.1 Å². The predicted molar refractivity (Wildman–Crippen MR) is 116 cm³/mol. The Morgan fingerprint density at radius 2 is 1.89 bits per heavy atom. The quantitative estimate of drug-likeness (QED) is 0.382. The number of rotatable bonds is 7. The van der Waals surface area contributed by atoms with Crippen molar-refractivity contribution >= 4 is 28.9 Å². The smallest absolute Gasteiger partial charge is 0.191 e. The molecule has 2 heterocycles. The van der Waals surface area contributed by atoms with E-state index >= 15 is 0 Å². The molecule has 0 spiro atoms. The van der Waals surface area contributed by atoms with E-state index in [0.717, 1.165) is 34.1 Å². The highest BCUT2D eigenvalue weighted by Gasteiger charge is 2.30. The number of ketones is 1. The summed E-state index contributed by atoms with van der Waals surface area (Å²) in [6.07, 6.45) is 3.16. The Morgan fingerprint density at radius 3 is 2.50 bits per heavy atom. The lowest BCUT2D eigenvalue weighted by Gasteiger charge is -2.14. The van der Waals surface area contributed by atoms with E-state index in [1.165, 1.54) is 40.6 Å². The van der Waals surface area contributed by atoms with Crippen molar-refractivity contribution in [1.29, 1.82) is 0 Å². The second kappa shape index (κ2) is 7.84. The van der Waals surface area contributed by atoms with Gasteiger partial charge < -0.3 is 4.57 Å². The van der Waals surface area contributed by atoms with Crippen molar-refractivity contribution in [2.45, 2.75) is 58.2 Å². The highest BCUT2D eigenvalue weighted by atomic mass is 32.2. The van der Waals surface area contributed by atoms with Crippen LogP contribution in [0.25, 0.3) is 0 Å². The average Bonchev–Trinajstić information content (AvgIpc) is 3.21. The molecule has 6 heteroatoms. The number of aryl methyl sites for hydroxylation is 2. The summed E-state index contributed by atoms with van der Waals surface area (Å²) in [5.41, 5.74) is 5.42. The van der Waals surface area contributed by atoms with Gasteiger partial charge in [-0.05, 0) is 74.2 Å². The van der Waals surface area contributed by atoms with Gasteiger partial charge >= 0.3 is 0 Å². The van der Waals surface area contributed by atoms with Crippen LogP contribution in [0.2, 0.25) is 0 Å². The van der Waals surface area contributed by atoms with Gasteiger partial charge in [0.05, 0.1) is 5.75 Å². The Morgan fingerprint density at radius 1 is 1.18 bits per heavy atom. The zero-order valence-electron chi connectivity index (χ0n) is 16.8. The van der Waals surface area contributed by atoms with E-state index in [1.54, 1.807) is 11.3 Å². The Kier molecular flexibility index (Phi) is 5.43. The van der Waals surface area contributed by atoms with Gasteiger partial charge in [0.1, 0.15) is 5.82 Å². The number of hydrogen-bond donors (Lipinski definition) is 0. The number of thiophene rings is 1. The molecule has 0 radical (unpaired) electrons. The number of Topliss-reactive ketones (excluding diaryl/α,β-unsaturated/α-hetero) is 1. The Hall–Kier alpha value is -1.92. The number of thioether (sulfide) groups is 1. The average molecular weight is 412 g/mol. The van der Waals surface area contributed by atoms with Gasteiger partial charge in [-0.1, -0.05) is 23.9 Å². The molecule has 0 saturated heterocycles. The van der Waals surface area contributed by atoms with Crippen molar-refractivity contribution in [3.63, 3.8) is 0 Å². The predicted octanol–water partition coefficient (Wildman–Crippen LogP) is 5.47. The minimum absolute atomic E-state index is 0.178. The van der Waals surface area contributed by atoms with Gasteiger partial charge in [0.25, 0.3) is 0 Å². The first-order valence-electron chi connectivity index (χ1n) is 9.65. The van der Waals surface area contributed by atoms with Gasteiger partial charge in [-0.25, -0.2) is 0 Å². The topological polar surface area (TPSA) is 47.8 Å². The third-order valence-electron chi connectivity index (χ3n) is 5.54. The lowest BCUT2D eigenvalue weighted by Crippen LogP contribution is -2.11. The van der Waals surface area contributed by atoms with Gasteiger partial charge in [0, 0.05) is 22.9 Å². The van der Waals surface area contributed by atoms with Crippen LogP contribution in [0, 0.1) is 27.7 Å². The molecule has 4 rings (SSSR count). The van der Waals surface area contributed by atoms with Gasteiger partial charge in [-0.2, -0.15) is 0 Å². The normalized spacial score (nSPS) is 13.9. The summed E-state index contributed by atoms with van der Waals surface area (Å²) in [6, 6.07) is 6.86. The Bertz CT molecular complexity index is 991. The standard InChI is InChI=1S/C22H25N3OS2/c1-13-10-14(2)16(4)21(15(13)3)19(26)12-28-22-24-23-20(25(22)17-7-8-17)11-18-6-5-9-27-18/h5-6,9-10,17H,7-8,11-12H2,1-4H3. The molecule has 1 aliphatic rings. The van der Waals surface area contributed by atoms with Crippen molar-refractivity contribution in [2.24, 2.45) is 0 Å². The third kappa shape index (κ3) is 3.80. The van der Waals surface area contributed by atoms with Gasteiger partial charge in [0.2, 0.25) is 0 Å². The van der Waals surface area contributed by atoms with Crippen molar-refractivity contribution in [2.75, 3.05) is 5.75 Å². The van der Waals surface area contributed by atoms with Crippen LogP contribution in [0.15, 0.2) is 28.7 Å². The van der Waals surface area contributed by atoms with Gasteiger partial charge in [-0.3, -0.25) is 4.79 Å². The third-order valence-corrected chi connectivity index (χ3v) is 7.36. The maximum Gasteiger partial charge on any atom is 0.191 e. The number of aromatic nitrogens is 3. The summed E-state index contributed by atoms with van der Waals surface area (Å²) >= 11 is 3.27. The number of carbonyl (C=O) groups is 1. The van der Waals surface area contributed by atoms with Crippen LogP contribution < -0.4 is 0 Å². The highest BCUT2D eigenvalue weighted by molar-refractivity contribution is 7.99. The zero-order chi connectivity index (χ0) is 19.8. The van der Waals surface area contributed by atoms with E-state index in [-0.39, 0.29) is 5.78 Å². The molecule has 146 valence electrons. The largest absolute Gasteiger partial charge is 0.303 e. The lowest BCUT2D eigenvalue weighted by molar-refractivity contribution is 0.102. The van der Waals surface area contributed by atoms with E-state index in [4.69, 9.17) is 0 Å². The number of hydrogen-bond acceptors (Lipinski definition) is 5. The van der Waals surface area contributed by atoms with Crippen LogP contribution in [-0.4, -0.2) is 26.3 Å². The molecule has 28 heavy (non-hydrogen) atoms. The molecule has 1 fully saturated rings. The summed E-state index contributed by atoms with van der Waals surface area (Å²) in [5, 5.41) is 11.9. The molecule has 0 N–H and O–H groups in total. The van der Waals surface area contributed by atoms with Crippen LogP contribution in [0.3, 0.4) is 0 Å². The summed E-state index contributed by atoms with van der Waals surface area (Å²) in [5.74, 6) is 1.59. The van der Waals surface area contributed by atoms with Crippen LogP contribution in [0.5, 0.6) is 0 Å². The SMILES string of the molecule is Cc1cc(C)c(C)c(C(=O)CSc2nnc(Cc3cccs3)n2C2CC2)c1C. The Labute approximate surface area is 174 Å². The minimum atomic E-state index is 0.178. The van der Waals surface area contributed by atoms with Crippen molar-refractivity contribution in [1.82, 2.24) is 14.8 Å². The van der Waals surface area contributed by atoms with Crippen LogP contribution in [0.4, 0.5) is 0 Å². The van der Waals surface area contributed by atoms with Crippen LogP contribution in [-0.2, 0) is 6.42 Å². The first kappa shape index (κ1) is 19.4. The summed E-state index contributed by atoms with van der Waals surface area (Å²) in [4.78, 5) is 14.3. The molecular formula is C22H25N3OS2. The number of carbonyl (C=O) groups excluding carboxylic acids is 1. The molecule has 0 aliphatic heterocycles. The van der Waals surface area contributed by atoms with Gasteiger partial charge in [0.15, 0.2) is 10.9 Å². The first-order valence-corrected chi connectivity index (χ1v) is 11.5. The van der Waals surface area contributed by atoms with Crippen molar-refractivity contribution < 1.29 is 4.79 Å². The van der Waals surface area contributed by atoms with Crippen LogP contribution >= 0.6 is 23.1 Å². The molecule has 1 aliphatic carbocycles. The number of nitrogens with zero attached hydrogens (tertiary/aromatic N) is 3. The van der Waals surface area contributed by atoms with E-state index in [1.807, 2.05) is 13.8 Å². The monoisotopic (exact) mass is 411 g/mol. The molecule has 0 amide bonds. The molecule has 1 saturated carbocycles. The van der Waals surface area contributed by atoms with E-state index in [0.29, 0.717) is 11.8 Å². The second-order valence-electron chi connectivity index (χ2n) is 7.60. The molecular weight excluding hydrogens is 386 g/mol. The van der Waals surface area contributed by atoms with E-state index in [9.17, 15) is 4.79 Å². The minimum Gasteiger partial charge on any atom is -0.303 e. The molecule has 1 aromatic carbocycles. The highest BCUT2D eigenvalue weighted by Crippen LogP contribution is 2.39. The summed E-state index contributed by atoms with van der Waals surface area (Å²) < 4.78 is 2.26. The lowest BCUT2D eigenvalue weighted by atomic mass is 9.92. The van der Waals surface area contributed by atoms with E-state index < -0.39 is 0 Å². The molecule has 0 bridgehead atoms. The summed E-state index contributed by atoms with van der Waals surface area (Å²) in [6.45, 7) is 8.25. The zero-order valence-corrected chi connectivity index (χ0v) is 18.4. The van der Waals surface area contributed by atoms with E-state index in [2.05, 4.69) is 52.2 Å². The molecule has 0 atom stereocenters. The van der Waals surface area contributed by atoms with Gasteiger partial charge in [-0.15, -0.1) is 21.5 Å². The Balaban J connectivity index is 1.54. The van der Waals surface area contributed by atoms with Crippen molar-refractivity contribution in [3.8, 4) is 0 Å². The molecule has 3 aromatic rings. The molecule has 0 unspecified atom stereocenters. The maximum absolute atomic E-state index is 13.0. The maximum atomic E-state index is 13.0. The fraction of sp³-hybridized carbons (Fsp3) is 0.409. The fourth-order valence-corrected chi connectivity index (χ4v) is 5.23. The summed E-state index contributed by atoms with van der Waals surface area (Å²) in [7, 11) is 0. The molecule has 2 aromatic heterocycles. The molecule has 4 nitrogen and oxygen atoms in total. The number of benzene rings is 1. The van der Waals surface area contributed by atoms with Crippen LogP contribution in [0.1, 0.15) is 62.2 Å². The second-order valence-corrected chi connectivity index (χ2v) is 9.58.